The summed E-state index contributed by atoms with van der Waals surface area (Å²) in [5.41, 5.74) is 6.56. The first-order chi connectivity index (χ1) is 5.42. The molecule has 1 aliphatic carbocycles. The van der Waals surface area contributed by atoms with Crippen molar-refractivity contribution in [2.75, 3.05) is 0 Å². The topological polar surface area (TPSA) is 56.7 Å². The molecule has 0 radical (unpaired) electrons. The minimum Gasteiger partial charge on any atom is -0.325 e. The van der Waals surface area contributed by atoms with Crippen molar-refractivity contribution >= 4 is 0 Å². The highest BCUT2D eigenvalue weighted by atomic mass is 15.4. The van der Waals surface area contributed by atoms with Gasteiger partial charge in [-0.05, 0) is 19.3 Å². The van der Waals surface area contributed by atoms with E-state index < -0.39 is 0 Å². The molecule has 1 aromatic heterocycles. The molecule has 0 amide bonds. The Bertz CT molecular complexity index is 238. The Balaban J connectivity index is 2.20. The molecule has 4 heteroatoms. The first-order valence-electron chi connectivity index (χ1n) is 4.01. The molecular formula is C7H12N4. The number of hydrogen-bond acceptors (Lipinski definition) is 3. The van der Waals surface area contributed by atoms with E-state index in [0.29, 0.717) is 12.6 Å². The SMILES string of the molecule is NCc1cnnn1C1CCC1. The van der Waals surface area contributed by atoms with Crippen molar-refractivity contribution in [1.29, 1.82) is 0 Å². The summed E-state index contributed by atoms with van der Waals surface area (Å²) in [6, 6.07) is 0.580. The average Bonchev–Trinajstić information content (AvgIpc) is 2.32. The van der Waals surface area contributed by atoms with Crippen molar-refractivity contribution in [3.63, 3.8) is 0 Å². The number of aromatic nitrogens is 3. The first kappa shape index (κ1) is 6.79. The predicted octanol–water partition coefficient (Wildman–Crippen LogP) is 0.462. The van der Waals surface area contributed by atoms with Gasteiger partial charge < -0.3 is 5.73 Å². The molecule has 0 unspecified atom stereocenters. The molecule has 1 heterocycles. The average molecular weight is 152 g/mol. The number of nitrogens with zero attached hydrogens (tertiary/aromatic N) is 3. The lowest BCUT2D eigenvalue weighted by Crippen LogP contribution is -2.21. The maximum Gasteiger partial charge on any atom is 0.0738 e. The molecular weight excluding hydrogens is 140 g/mol. The van der Waals surface area contributed by atoms with E-state index in [1.54, 1.807) is 6.20 Å². The van der Waals surface area contributed by atoms with E-state index in [1.807, 2.05) is 4.68 Å². The molecule has 0 atom stereocenters. The summed E-state index contributed by atoms with van der Waals surface area (Å²) in [4.78, 5) is 0. The van der Waals surface area contributed by atoms with Crippen molar-refractivity contribution in [1.82, 2.24) is 15.0 Å². The smallest absolute Gasteiger partial charge is 0.0738 e. The Hall–Kier alpha value is -0.900. The van der Waals surface area contributed by atoms with Crippen molar-refractivity contribution < 1.29 is 0 Å². The zero-order valence-electron chi connectivity index (χ0n) is 6.40. The molecule has 2 rings (SSSR count). The summed E-state index contributed by atoms with van der Waals surface area (Å²) in [6.45, 7) is 0.545. The lowest BCUT2D eigenvalue weighted by Gasteiger charge is -2.26. The van der Waals surface area contributed by atoms with E-state index >= 15 is 0 Å². The van der Waals surface area contributed by atoms with E-state index in [2.05, 4.69) is 10.3 Å². The van der Waals surface area contributed by atoms with Gasteiger partial charge in [-0.3, -0.25) is 0 Å². The molecule has 1 saturated carbocycles. The van der Waals surface area contributed by atoms with Crippen LogP contribution in [0.15, 0.2) is 6.20 Å². The van der Waals surface area contributed by atoms with Crippen molar-refractivity contribution in [2.45, 2.75) is 31.8 Å². The minimum atomic E-state index is 0.545. The first-order valence-corrected chi connectivity index (χ1v) is 4.01. The summed E-state index contributed by atoms with van der Waals surface area (Å²) in [6.07, 6.45) is 5.53. The van der Waals surface area contributed by atoms with Crippen LogP contribution in [-0.2, 0) is 6.54 Å². The van der Waals surface area contributed by atoms with Gasteiger partial charge in [-0.1, -0.05) is 5.21 Å². The molecule has 2 N–H and O–H groups in total. The van der Waals surface area contributed by atoms with Gasteiger partial charge in [0.15, 0.2) is 0 Å². The molecule has 4 nitrogen and oxygen atoms in total. The molecule has 0 saturated heterocycles. The zero-order chi connectivity index (χ0) is 7.68. The molecule has 0 aromatic carbocycles. The molecule has 0 spiro atoms. The lowest BCUT2D eigenvalue weighted by atomic mass is 9.93. The van der Waals surface area contributed by atoms with Gasteiger partial charge in [0, 0.05) is 6.54 Å². The van der Waals surface area contributed by atoms with Gasteiger partial charge in [-0.2, -0.15) is 0 Å². The van der Waals surface area contributed by atoms with Crippen LogP contribution in [-0.4, -0.2) is 15.0 Å². The van der Waals surface area contributed by atoms with Crippen LogP contribution < -0.4 is 5.73 Å². The third-order valence-electron chi connectivity index (χ3n) is 2.28. The number of nitrogens with two attached hydrogens (primary N) is 1. The van der Waals surface area contributed by atoms with Crippen LogP contribution in [0.3, 0.4) is 0 Å². The Morgan fingerprint density at radius 1 is 1.64 bits per heavy atom. The standard InChI is InChI=1S/C7H12N4/c8-4-7-5-9-10-11(7)6-2-1-3-6/h5-6H,1-4,8H2. The van der Waals surface area contributed by atoms with Gasteiger partial charge in [0.2, 0.25) is 0 Å². The number of hydrogen-bond donors (Lipinski definition) is 1. The van der Waals surface area contributed by atoms with E-state index in [0.717, 1.165) is 5.69 Å². The normalized spacial score (nSPS) is 18.3. The Morgan fingerprint density at radius 2 is 2.45 bits per heavy atom. The van der Waals surface area contributed by atoms with Crippen LogP contribution >= 0.6 is 0 Å². The molecule has 1 fully saturated rings. The second kappa shape index (κ2) is 2.62. The van der Waals surface area contributed by atoms with Crippen molar-refractivity contribution in [3.05, 3.63) is 11.9 Å². The summed E-state index contributed by atoms with van der Waals surface area (Å²) in [5, 5.41) is 7.82. The highest BCUT2D eigenvalue weighted by Crippen LogP contribution is 2.31. The van der Waals surface area contributed by atoms with Crippen LogP contribution in [0.2, 0.25) is 0 Å². The zero-order valence-corrected chi connectivity index (χ0v) is 6.40. The van der Waals surface area contributed by atoms with Crippen LogP contribution in [0.1, 0.15) is 31.0 Å². The highest BCUT2D eigenvalue weighted by Gasteiger charge is 2.21. The lowest BCUT2D eigenvalue weighted by molar-refractivity contribution is 0.278. The molecule has 0 aliphatic heterocycles. The predicted molar refractivity (Wildman–Crippen MR) is 40.8 cm³/mol. The molecule has 0 bridgehead atoms. The molecule has 11 heavy (non-hydrogen) atoms. The molecule has 1 aliphatic rings. The number of rotatable bonds is 2. The van der Waals surface area contributed by atoms with Crippen molar-refractivity contribution in [2.24, 2.45) is 5.73 Å². The summed E-state index contributed by atoms with van der Waals surface area (Å²) < 4.78 is 1.96. The fourth-order valence-corrected chi connectivity index (χ4v) is 1.35. The van der Waals surface area contributed by atoms with Crippen LogP contribution in [0.5, 0.6) is 0 Å². The largest absolute Gasteiger partial charge is 0.325 e. The van der Waals surface area contributed by atoms with E-state index in [-0.39, 0.29) is 0 Å². The second-order valence-corrected chi connectivity index (χ2v) is 2.96. The maximum atomic E-state index is 5.51. The van der Waals surface area contributed by atoms with Gasteiger partial charge in [0.1, 0.15) is 0 Å². The summed E-state index contributed by atoms with van der Waals surface area (Å²) in [7, 11) is 0. The Labute approximate surface area is 65.4 Å². The third-order valence-corrected chi connectivity index (χ3v) is 2.28. The van der Waals surface area contributed by atoms with Crippen LogP contribution in [0.25, 0.3) is 0 Å². The summed E-state index contributed by atoms with van der Waals surface area (Å²) in [5.74, 6) is 0. The Morgan fingerprint density at radius 3 is 3.00 bits per heavy atom. The fraction of sp³-hybridized carbons (Fsp3) is 0.714. The maximum absolute atomic E-state index is 5.51. The van der Waals surface area contributed by atoms with Crippen LogP contribution in [0, 0.1) is 0 Å². The minimum absolute atomic E-state index is 0.545. The van der Waals surface area contributed by atoms with Gasteiger partial charge in [-0.25, -0.2) is 4.68 Å². The van der Waals surface area contributed by atoms with E-state index in [4.69, 9.17) is 5.73 Å². The highest BCUT2D eigenvalue weighted by molar-refractivity contribution is 4.96. The van der Waals surface area contributed by atoms with Gasteiger partial charge in [0.25, 0.3) is 0 Å². The molecule has 60 valence electrons. The van der Waals surface area contributed by atoms with E-state index in [1.165, 1.54) is 19.3 Å². The fourth-order valence-electron chi connectivity index (χ4n) is 1.35. The summed E-state index contributed by atoms with van der Waals surface area (Å²) >= 11 is 0. The Kier molecular flexibility index (Phi) is 1.62. The van der Waals surface area contributed by atoms with Gasteiger partial charge in [-0.15, -0.1) is 5.10 Å². The van der Waals surface area contributed by atoms with Crippen molar-refractivity contribution in [3.8, 4) is 0 Å². The second-order valence-electron chi connectivity index (χ2n) is 2.96. The van der Waals surface area contributed by atoms with Gasteiger partial charge in [0.05, 0.1) is 17.9 Å². The van der Waals surface area contributed by atoms with E-state index in [9.17, 15) is 0 Å². The molecule has 1 aromatic rings. The van der Waals surface area contributed by atoms with Crippen LogP contribution in [0.4, 0.5) is 0 Å². The van der Waals surface area contributed by atoms with Gasteiger partial charge >= 0.3 is 0 Å². The quantitative estimate of drug-likeness (QED) is 0.669. The monoisotopic (exact) mass is 152 g/mol. The third kappa shape index (κ3) is 1.03.